The monoisotopic (exact) mass is 282 g/mol. The lowest BCUT2D eigenvalue weighted by molar-refractivity contribution is 0.464. The molecule has 1 aromatic rings. The van der Waals surface area contributed by atoms with E-state index in [4.69, 9.17) is 0 Å². The van der Waals surface area contributed by atoms with Gasteiger partial charge in [-0.2, -0.15) is 4.31 Å². The lowest BCUT2D eigenvalue weighted by atomic mass is 10.2. The molecular weight excluding hydrogens is 260 g/mol. The van der Waals surface area contributed by atoms with Gasteiger partial charge in [-0.25, -0.2) is 8.42 Å². The number of benzene rings is 1. The van der Waals surface area contributed by atoms with Gasteiger partial charge >= 0.3 is 0 Å². The Kier molecular flexibility index (Phi) is 4.60. The minimum absolute atomic E-state index is 0.201. The zero-order valence-electron chi connectivity index (χ0n) is 11.6. The van der Waals surface area contributed by atoms with Gasteiger partial charge in [-0.3, -0.25) is 0 Å². The van der Waals surface area contributed by atoms with E-state index in [1.165, 1.54) is 4.31 Å². The third kappa shape index (κ3) is 3.55. The normalized spacial score (nSPS) is 15.9. The number of rotatable bonds is 7. The van der Waals surface area contributed by atoms with Crippen LogP contribution in [-0.4, -0.2) is 32.4 Å². The largest absolute Gasteiger partial charge is 0.313 e. The second-order valence-electron chi connectivity index (χ2n) is 5.08. The molecule has 1 fully saturated rings. The molecule has 0 amide bonds. The quantitative estimate of drug-likeness (QED) is 0.778. The van der Waals surface area contributed by atoms with Crippen LogP contribution in [-0.2, 0) is 16.6 Å². The summed E-state index contributed by atoms with van der Waals surface area (Å²) in [7, 11) is -1.65. The van der Waals surface area contributed by atoms with E-state index in [2.05, 4.69) is 12.2 Å². The lowest BCUT2D eigenvalue weighted by Gasteiger charge is -2.17. The van der Waals surface area contributed by atoms with Gasteiger partial charge < -0.3 is 5.32 Å². The van der Waals surface area contributed by atoms with Gasteiger partial charge in [-0.1, -0.05) is 19.1 Å². The maximum atomic E-state index is 12.4. The number of nitrogens with zero attached hydrogens (tertiary/aromatic N) is 1. The molecule has 1 aromatic carbocycles. The standard InChI is InChI=1S/C14H22N2O2S/c1-3-9-15-11-12-5-4-6-14(10-12)19(17,18)16(2)13-7-8-13/h4-6,10,13,15H,3,7-9,11H2,1-2H3. The van der Waals surface area contributed by atoms with Crippen LogP contribution < -0.4 is 5.32 Å². The van der Waals surface area contributed by atoms with Crippen LogP contribution in [0.2, 0.25) is 0 Å². The van der Waals surface area contributed by atoms with Crippen molar-refractivity contribution < 1.29 is 8.42 Å². The summed E-state index contributed by atoms with van der Waals surface area (Å²) in [6, 6.07) is 7.43. The molecular formula is C14H22N2O2S. The molecule has 1 saturated carbocycles. The van der Waals surface area contributed by atoms with Crippen molar-refractivity contribution in [1.29, 1.82) is 0 Å². The predicted octanol–water partition coefficient (Wildman–Crippen LogP) is 1.97. The Hall–Kier alpha value is -0.910. The molecule has 106 valence electrons. The molecule has 0 spiro atoms. The second kappa shape index (κ2) is 6.03. The summed E-state index contributed by atoms with van der Waals surface area (Å²) in [6.45, 7) is 3.77. The molecule has 0 bridgehead atoms. The van der Waals surface area contributed by atoms with Gasteiger partial charge in [0.25, 0.3) is 0 Å². The molecule has 0 aliphatic heterocycles. The molecule has 5 heteroatoms. The van der Waals surface area contributed by atoms with Crippen LogP contribution in [0.3, 0.4) is 0 Å². The van der Waals surface area contributed by atoms with Gasteiger partial charge in [0.05, 0.1) is 4.90 Å². The Labute approximate surface area is 115 Å². The van der Waals surface area contributed by atoms with Crippen LogP contribution in [0.4, 0.5) is 0 Å². The fraction of sp³-hybridized carbons (Fsp3) is 0.571. The summed E-state index contributed by atoms with van der Waals surface area (Å²) in [6.07, 6.45) is 3.03. The molecule has 19 heavy (non-hydrogen) atoms. The first kappa shape index (κ1) is 14.5. The molecule has 1 aliphatic rings. The van der Waals surface area contributed by atoms with E-state index >= 15 is 0 Å². The summed E-state index contributed by atoms with van der Waals surface area (Å²) >= 11 is 0. The highest BCUT2D eigenvalue weighted by molar-refractivity contribution is 7.89. The van der Waals surface area contributed by atoms with Crippen molar-refractivity contribution in [1.82, 2.24) is 9.62 Å². The number of hydrogen-bond donors (Lipinski definition) is 1. The number of hydrogen-bond acceptors (Lipinski definition) is 3. The average Bonchev–Trinajstić information content (AvgIpc) is 3.23. The van der Waals surface area contributed by atoms with Crippen molar-refractivity contribution in [2.75, 3.05) is 13.6 Å². The minimum atomic E-state index is -3.32. The maximum absolute atomic E-state index is 12.4. The number of nitrogens with one attached hydrogen (secondary N) is 1. The maximum Gasteiger partial charge on any atom is 0.243 e. The summed E-state index contributed by atoms with van der Waals surface area (Å²) in [4.78, 5) is 0.401. The Morgan fingerprint density at radius 2 is 2.11 bits per heavy atom. The highest BCUT2D eigenvalue weighted by Gasteiger charge is 2.34. The summed E-state index contributed by atoms with van der Waals surface area (Å²) in [5.41, 5.74) is 1.01. The minimum Gasteiger partial charge on any atom is -0.313 e. The Morgan fingerprint density at radius 1 is 1.37 bits per heavy atom. The lowest BCUT2D eigenvalue weighted by Crippen LogP contribution is -2.29. The molecule has 2 rings (SSSR count). The first-order valence-electron chi connectivity index (χ1n) is 6.83. The molecule has 1 aliphatic carbocycles. The van der Waals surface area contributed by atoms with Gasteiger partial charge in [0.2, 0.25) is 10.0 Å². The van der Waals surface area contributed by atoms with Crippen LogP contribution >= 0.6 is 0 Å². The topological polar surface area (TPSA) is 49.4 Å². The Morgan fingerprint density at radius 3 is 2.74 bits per heavy atom. The first-order chi connectivity index (χ1) is 9.05. The van der Waals surface area contributed by atoms with Gasteiger partial charge in [-0.15, -0.1) is 0 Å². The third-order valence-corrected chi connectivity index (χ3v) is 5.30. The predicted molar refractivity (Wildman–Crippen MR) is 76.4 cm³/mol. The van der Waals surface area contributed by atoms with E-state index in [9.17, 15) is 8.42 Å². The zero-order valence-corrected chi connectivity index (χ0v) is 12.4. The fourth-order valence-electron chi connectivity index (χ4n) is 2.03. The zero-order chi connectivity index (χ0) is 13.9. The first-order valence-corrected chi connectivity index (χ1v) is 8.27. The summed E-state index contributed by atoms with van der Waals surface area (Å²) < 4.78 is 26.3. The average molecular weight is 282 g/mol. The van der Waals surface area contributed by atoms with E-state index < -0.39 is 10.0 Å². The van der Waals surface area contributed by atoms with Crippen LogP contribution in [0.5, 0.6) is 0 Å². The van der Waals surface area contributed by atoms with E-state index in [1.54, 1.807) is 19.2 Å². The van der Waals surface area contributed by atoms with Gasteiger partial charge in [0.1, 0.15) is 0 Å². The van der Waals surface area contributed by atoms with E-state index in [0.717, 1.165) is 31.4 Å². The Bertz CT molecular complexity index is 524. The van der Waals surface area contributed by atoms with Crippen LogP contribution in [0, 0.1) is 0 Å². The Balaban J connectivity index is 2.13. The third-order valence-electron chi connectivity index (χ3n) is 3.39. The van der Waals surface area contributed by atoms with E-state index in [0.29, 0.717) is 11.4 Å². The fourth-order valence-corrected chi connectivity index (χ4v) is 3.51. The summed E-state index contributed by atoms with van der Waals surface area (Å²) in [5.74, 6) is 0. The van der Waals surface area contributed by atoms with Crippen molar-refractivity contribution in [3.05, 3.63) is 29.8 Å². The van der Waals surface area contributed by atoms with Crippen molar-refractivity contribution in [2.24, 2.45) is 0 Å². The summed E-state index contributed by atoms with van der Waals surface area (Å²) in [5, 5.41) is 3.29. The van der Waals surface area contributed by atoms with Gasteiger partial charge in [0, 0.05) is 19.6 Å². The molecule has 0 heterocycles. The van der Waals surface area contributed by atoms with Crippen molar-refractivity contribution >= 4 is 10.0 Å². The van der Waals surface area contributed by atoms with Crippen LogP contribution in [0.15, 0.2) is 29.2 Å². The molecule has 0 aromatic heterocycles. The molecule has 0 unspecified atom stereocenters. The van der Waals surface area contributed by atoms with Gasteiger partial charge in [-0.05, 0) is 43.5 Å². The van der Waals surface area contributed by atoms with Crippen molar-refractivity contribution in [2.45, 2.75) is 43.7 Å². The molecule has 4 nitrogen and oxygen atoms in total. The van der Waals surface area contributed by atoms with E-state index in [-0.39, 0.29) is 6.04 Å². The molecule has 0 saturated heterocycles. The van der Waals surface area contributed by atoms with Gasteiger partial charge in [0.15, 0.2) is 0 Å². The van der Waals surface area contributed by atoms with Crippen LogP contribution in [0.25, 0.3) is 0 Å². The van der Waals surface area contributed by atoms with Crippen molar-refractivity contribution in [3.8, 4) is 0 Å². The smallest absolute Gasteiger partial charge is 0.243 e. The van der Waals surface area contributed by atoms with Crippen molar-refractivity contribution in [3.63, 3.8) is 0 Å². The molecule has 1 N–H and O–H groups in total. The highest BCUT2D eigenvalue weighted by Crippen LogP contribution is 2.30. The van der Waals surface area contributed by atoms with Crippen LogP contribution in [0.1, 0.15) is 31.7 Å². The number of sulfonamides is 1. The highest BCUT2D eigenvalue weighted by atomic mass is 32.2. The van der Waals surface area contributed by atoms with E-state index in [1.807, 2.05) is 12.1 Å². The SMILES string of the molecule is CCCNCc1cccc(S(=O)(=O)N(C)C2CC2)c1. The second-order valence-corrected chi connectivity index (χ2v) is 7.07. The molecule has 0 atom stereocenters. The molecule has 0 radical (unpaired) electrons.